The Morgan fingerprint density at radius 3 is 2.14 bits per heavy atom. The Labute approximate surface area is 206 Å². The van der Waals surface area contributed by atoms with Crippen LogP contribution in [0.1, 0.15) is 54.4 Å². The molecule has 4 bridgehead atoms. The van der Waals surface area contributed by atoms with Crippen LogP contribution >= 0.6 is 0 Å². The maximum Gasteiger partial charge on any atom is 0.338 e. The molecule has 0 heterocycles. The summed E-state index contributed by atoms with van der Waals surface area (Å²) >= 11 is 0. The van der Waals surface area contributed by atoms with Crippen molar-refractivity contribution in [1.82, 2.24) is 0 Å². The van der Waals surface area contributed by atoms with E-state index in [1.54, 1.807) is 37.3 Å². The summed E-state index contributed by atoms with van der Waals surface area (Å²) in [6.07, 6.45) is 6.45. The second-order valence-electron chi connectivity index (χ2n) is 10.5. The number of methoxy groups -OCH3 is 1. The highest BCUT2D eigenvalue weighted by Crippen LogP contribution is 2.60. The van der Waals surface area contributed by atoms with Gasteiger partial charge in [0.1, 0.15) is 5.75 Å². The Morgan fingerprint density at radius 2 is 1.57 bits per heavy atom. The molecule has 1 N–H and O–H groups in total. The van der Waals surface area contributed by atoms with Crippen molar-refractivity contribution in [2.24, 2.45) is 23.2 Å². The number of benzene rings is 2. The highest BCUT2D eigenvalue weighted by Gasteiger charge is 2.54. The number of aryl methyl sites for hydroxylation is 1. The van der Waals surface area contributed by atoms with Crippen LogP contribution in [-0.4, -0.2) is 33.9 Å². The van der Waals surface area contributed by atoms with Gasteiger partial charge in [-0.05, 0) is 105 Å². The Balaban J connectivity index is 1.27. The minimum atomic E-state index is -3.95. The topological polar surface area (TPSA) is 98.8 Å². The number of carbonyl (C=O) groups excluding carboxylic acids is 2. The molecule has 4 fully saturated rings. The lowest BCUT2D eigenvalue weighted by Gasteiger charge is -2.55. The fraction of sp³-hybridized carbons (Fsp3) is 0.481. The van der Waals surface area contributed by atoms with Crippen LogP contribution in [0.15, 0.2) is 47.4 Å². The minimum Gasteiger partial charge on any atom is -0.497 e. The molecule has 0 aromatic heterocycles. The molecule has 0 saturated heterocycles. The van der Waals surface area contributed by atoms with E-state index in [1.807, 2.05) is 0 Å². The SMILES string of the molecule is COc1ccc(NS(=O)(=O)c2cc(C(=O)OCC(=O)C34CC5CC(CC(C5)C3)C4)ccc2C)cc1. The molecule has 35 heavy (non-hydrogen) atoms. The van der Waals surface area contributed by atoms with Crippen LogP contribution in [0.25, 0.3) is 0 Å². The molecule has 4 saturated carbocycles. The molecule has 0 unspecified atom stereocenters. The van der Waals surface area contributed by atoms with Gasteiger partial charge >= 0.3 is 5.97 Å². The number of rotatable bonds is 8. The number of Topliss-reactive ketones (excluding diaryl/α,β-unsaturated/α-hetero) is 1. The van der Waals surface area contributed by atoms with E-state index in [9.17, 15) is 18.0 Å². The lowest BCUT2D eigenvalue weighted by atomic mass is 9.48. The number of anilines is 1. The number of ether oxygens (including phenoxy) is 2. The molecule has 2 aromatic rings. The van der Waals surface area contributed by atoms with Gasteiger partial charge in [-0.2, -0.15) is 0 Å². The first-order valence-electron chi connectivity index (χ1n) is 12.2. The zero-order valence-electron chi connectivity index (χ0n) is 20.1. The lowest BCUT2D eigenvalue weighted by molar-refractivity contribution is -0.147. The summed E-state index contributed by atoms with van der Waals surface area (Å²) in [4.78, 5) is 25.9. The van der Waals surface area contributed by atoms with Crippen LogP contribution in [0.5, 0.6) is 5.75 Å². The van der Waals surface area contributed by atoms with Gasteiger partial charge in [0.15, 0.2) is 12.4 Å². The van der Waals surface area contributed by atoms with Gasteiger partial charge < -0.3 is 9.47 Å². The number of carbonyl (C=O) groups is 2. The van der Waals surface area contributed by atoms with Crippen LogP contribution in [0.2, 0.25) is 0 Å². The first kappa shape index (κ1) is 23.9. The monoisotopic (exact) mass is 497 g/mol. The van der Waals surface area contributed by atoms with E-state index in [1.165, 1.54) is 38.5 Å². The average molecular weight is 498 g/mol. The number of hydrogen-bond donors (Lipinski definition) is 1. The molecule has 0 atom stereocenters. The molecule has 2 aromatic carbocycles. The number of esters is 1. The third-order valence-electron chi connectivity index (χ3n) is 8.02. The highest BCUT2D eigenvalue weighted by atomic mass is 32.2. The van der Waals surface area contributed by atoms with E-state index in [0.29, 0.717) is 34.8 Å². The van der Waals surface area contributed by atoms with Crippen molar-refractivity contribution in [2.75, 3.05) is 18.4 Å². The van der Waals surface area contributed by atoms with Crippen molar-refractivity contribution in [2.45, 2.75) is 50.3 Å². The molecule has 4 aliphatic carbocycles. The van der Waals surface area contributed by atoms with Crippen molar-refractivity contribution >= 4 is 27.5 Å². The van der Waals surface area contributed by atoms with Gasteiger partial charge in [0.25, 0.3) is 10.0 Å². The molecule has 7 nitrogen and oxygen atoms in total. The summed E-state index contributed by atoms with van der Waals surface area (Å²) in [6.45, 7) is 1.40. The fourth-order valence-corrected chi connectivity index (χ4v) is 8.04. The van der Waals surface area contributed by atoms with E-state index in [4.69, 9.17) is 9.47 Å². The fourth-order valence-electron chi connectivity index (χ4n) is 6.71. The second-order valence-corrected chi connectivity index (χ2v) is 12.2. The molecule has 4 aliphatic rings. The molecule has 6 rings (SSSR count). The average Bonchev–Trinajstić information content (AvgIpc) is 2.82. The third kappa shape index (κ3) is 4.68. The Hall–Kier alpha value is -2.87. The van der Waals surface area contributed by atoms with Gasteiger partial charge in [0.05, 0.1) is 17.6 Å². The maximum atomic E-state index is 13.2. The molecule has 0 amide bonds. The lowest BCUT2D eigenvalue weighted by Crippen LogP contribution is -2.51. The first-order valence-corrected chi connectivity index (χ1v) is 13.6. The Kier molecular flexibility index (Phi) is 6.11. The standard InChI is InChI=1S/C27H31NO6S/c1-17-3-4-21(12-24(17)35(31,32)28-22-5-7-23(33-2)8-6-22)26(30)34-16-25(29)27-13-18-9-19(14-27)11-20(10-18)15-27/h3-8,12,18-20,28H,9-11,13-16H2,1-2H3. The molecule has 8 heteroatoms. The van der Waals surface area contributed by atoms with Crippen molar-refractivity contribution in [3.05, 3.63) is 53.6 Å². The molecule has 186 valence electrons. The van der Waals surface area contributed by atoms with Crippen molar-refractivity contribution in [3.8, 4) is 5.75 Å². The smallest absolute Gasteiger partial charge is 0.338 e. The van der Waals surface area contributed by atoms with Crippen LogP contribution in [0.3, 0.4) is 0 Å². The Bertz CT molecular complexity index is 1220. The number of ketones is 1. The predicted molar refractivity (Wildman–Crippen MR) is 131 cm³/mol. The first-order chi connectivity index (χ1) is 16.7. The van der Waals surface area contributed by atoms with Gasteiger partial charge in [-0.25, -0.2) is 13.2 Å². The van der Waals surface area contributed by atoms with E-state index in [2.05, 4.69) is 4.72 Å². The van der Waals surface area contributed by atoms with Crippen molar-refractivity contribution in [1.29, 1.82) is 0 Å². The van der Waals surface area contributed by atoms with Gasteiger partial charge in [-0.3, -0.25) is 9.52 Å². The summed E-state index contributed by atoms with van der Waals surface area (Å²) in [5.74, 6) is 1.82. The van der Waals surface area contributed by atoms with Gasteiger partial charge in [0, 0.05) is 11.1 Å². The minimum absolute atomic E-state index is 0.0184. The largest absolute Gasteiger partial charge is 0.497 e. The predicted octanol–water partition coefficient (Wildman–Crippen LogP) is 4.75. The van der Waals surface area contributed by atoms with Crippen LogP contribution in [-0.2, 0) is 19.6 Å². The van der Waals surface area contributed by atoms with Gasteiger partial charge in [-0.1, -0.05) is 6.07 Å². The van der Waals surface area contributed by atoms with E-state index >= 15 is 0 Å². The summed E-state index contributed by atoms with van der Waals surface area (Å²) in [5, 5.41) is 0. The zero-order chi connectivity index (χ0) is 24.8. The normalized spacial score (nSPS) is 26.9. The van der Waals surface area contributed by atoms with Crippen LogP contribution in [0.4, 0.5) is 5.69 Å². The third-order valence-corrected chi connectivity index (χ3v) is 9.54. The quantitative estimate of drug-likeness (QED) is 0.529. The van der Waals surface area contributed by atoms with Crippen LogP contribution in [0, 0.1) is 30.1 Å². The van der Waals surface area contributed by atoms with Crippen molar-refractivity contribution < 1.29 is 27.5 Å². The molecule has 0 aliphatic heterocycles. The molecule has 0 radical (unpaired) electrons. The van der Waals surface area contributed by atoms with Gasteiger partial charge in [0.2, 0.25) is 0 Å². The summed E-state index contributed by atoms with van der Waals surface area (Å²) < 4.78 is 39.1. The number of hydrogen-bond acceptors (Lipinski definition) is 6. The summed E-state index contributed by atoms with van der Waals surface area (Å²) in [5.41, 5.74) is 0.634. The maximum absolute atomic E-state index is 13.2. The van der Waals surface area contributed by atoms with E-state index in [0.717, 1.165) is 19.3 Å². The zero-order valence-corrected chi connectivity index (χ0v) is 20.9. The molecular formula is C27H31NO6S. The number of sulfonamides is 1. The second kappa shape index (κ2) is 8.97. The molecular weight excluding hydrogens is 466 g/mol. The van der Waals surface area contributed by atoms with Gasteiger partial charge in [-0.15, -0.1) is 0 Å². The number of nitrogens with one attached hydrogen (secondary N) is 1. The summed E-state index contributed by atoms with van der Waals surface area (Å²) in [7, 11) is -2.42. The van der Waals surface area contributed by atoms with E-state index < -0.39 is 16.0 Å². The Morgan fingerprint density at radius 1 is 0.971 bits per heavy atom. The van der Waals surface area contributed by atoms with Crippen molar-refractivity contribution in [3.63, 3.8) is 0 Å². The van der Waals surface area contributed by atoms with E-state index in [-0.39, 0.29) is 28.3 Å². The summed E-state index contributed by atoms with van der Waals surface area (Å²) in [6, 6.07) is 10.9. The highest BCUT2D eigenvalue weighted by molar-refractivity contribution is 7.92. The molecule has 0 spiro atoms. The van der Waals surface area contributed by atoms with Crippen LogP contribution < -0.4 is 9.46 Å².